The van der Waals surface area contributed by atoms with Crippen LogP contribution in [0.1, 0.15) is 32.6 Å². The molecule has 2 heterocycles. The number of rotatable bonds is 4. The summed E-state index contributed by atoms with van der Waals surface area (Å²) in [5.74, 6) is 0.158. The fraction of sp³-hybridized carbons (Fsp3) is 0.444. The third-order valence-corrected chi connectivity index (χ3v) is 4.52. The van der Waals surface area contributed by atoms with Gasteiger partial charge in [0.2, 0.25) is 5.91 Å². The van der Waals surface area contributed by atoms with Crippen molar-refractivity contribution in [1.29, 1.82) is 0 Å². The lowest BCUT2D eigenvalue weighted by molar-refractivity contribution is -0.121. The van der Waals surface area contributed by atoms with Crippen LogP contribution in [0.5, 0.6) is 0 Å². The number of nitrogens with zero attached hydrogens (tertiary/aromatic N) is 2. The first kappa shape index (κ1) is 16.1. The Morgan fingerprint density at radius 3 is 3.13 bits per heavy atom. The van der Waals surface area contributed by atoms with Crippen LogP contribution in [0.25, 0.3) is 10.9 Å². The van der Waals surface area contributed by atoms with E-state index in [1.54, 1.807) is 0 Å². The van der Waals surface area contributed by atoms with E-state index in [-0.39, 0.29) is 11.9 Å². The molecule has 23 heavy (non-hydrogen) atoms. The molecule has 1 aliphatic rings. The molecular formula is C18H22ClN3O. The number of carbonyl (C=O) groups is 1. The second-order valence-electron chi connectivity index (χ2n) is 6.09. The van der Waals surface area contributed by atoms with E-state index in [0.717, 1.165) is 43.3 Å². The molecule has 0 spiro atoms. The summed E-state index contributed by atoms with van der Waals surface area (Å²) >= 11 is 6.07. The Hall–Kier alpha value is -1.81. The number of hydrogen-bond donors (Lipinski definition) is 1. The lowest BCUT2D eigenvalue weighted by Gasteiger charge is -2.35. The summed E-state index contributed by atoms with van der Waals surface area (Å²) in [5.41, 5.74) is 2.08. The van der Waals surface area contributed by atoms with Crippen LogP contribution < -0.4 is 10.2 Å². The minimum absolute atomic E-state index is 0.158. The van der Waals surface area contributed by atoms with Crippen LogP contribution in [-0.2, 0) is 4.79 Å². The van der Waals surface area contributed by atoms with Crippen molar-refractivity contribution in [2.75, 3.05) is 18.0 Å². The second-order valence-corrected chi connectivity index (χ2v) is 6.53. The van der Waals surface area contributed by atoms with Gasteiger partial charge >= 0.3 is 0 Å². The highest BCUT2D eigenvalue weighted by Crippen LogP contribution is 2.29. The molecule has 1 saturated heterocycles. The molecule has 1 fully saturated rings. The van der Waals surface area contributed by atoms with Gasteiger partial charge in [-0.05, 0) is 43.5 Å². The number of piperidine rings is 1. The molecule has 1 atom stereocenters. The van der Waals surface area contributed by atoms with E-state index in [1.807, 2.05) is 37.4 Å². The molecule has 1 aliphatic heterocycles. The fourth-order valence-electron chi connectivity index (χ4n) is 3.22. The number of amides is 1. The number of nitrogens with one attached hydrogen (secondary N) is 1. The highest BCUT2D eigenvalue weighted by Gasteiger charge is 2.22. The van der Waals surface area contributed by atoms with E-state index in [1.165, 1.54) is 5.69 Å². The second kappa shape index (κ2) is 7.18. The first-order chi connectivity index (χ1) is 11.2. The van der Waals surface area contributed by atoms with Crippen molar-refractivity contribution in [3.8, 4) is 0 Å². The zero-order valence-corrected chi connectivity index (χ0v) is 14.1. The van der Waals surface area contributed by atoms with E-state index in [9.17, 15) is 4.79 Å². The van der Waals surface area contributed by atoms with Gasteiger partial charge in [-0.15, -0.1) is 0 Å². The van der Waals surface area contributed by atoms with Gasteiger partial charge < -0.3 is 10.2 Å². The summed E-state index contributed by atoms with van der Waals surface area (Å²) in [6.45, 7) is 3.88. The number of carbonyl (C=O) groups excluding carboxylic acids is 1. The van der Waals surface area contributed by atoms with Crippen molar-refractivity contribution in [3.63, 3.8) is 0 Å². The van der Waals surface area contributed by atoms with Crippen molar-refractivity contribution in [3.05, 3.63) is 35.5 Å². The predicted octanol–water partition coefficient (Wildman–Crippen LogP) is 3.77. The van der Waals surface area contributed by atoms with E-state index in [4.69, 9.17) is 11.6 Å². The molecule has 122 valence electrons. The minimum Gasteiger partial charge on any atom is -0.369 e. The van der Waals surface area contributed by atoms with Gasteiger partial charge in [0, 0.05) is 47.8 Å². The average molecular weight is 332 g/mol. The highest BCUT2D eigenvalue weighted by molar-refractivity contribution is 6.31. The molecule has 4 nitrogen and oxygen atoms in total. The lowest BCUT2D eigenvalue weighted by Crippen LogP contribution is -2.47. The van der Waals surface area contributed by atoms with Crippen LogP contribution >= 0.6 is 11.6 Å². The van der Waals surface area contributed by atoms with Gasteiger partial charge in [0.1, 0.15) is 0 Å². The number of fused-ring (bicyclic) bond motifs is 1. The standard InChI is InChI=1S/C18H22ClN3O/c1-2-4-18(23)21-14-5-3-10-22(12-14)17-8-9-20-16-11-13(19)6-7-15(16)17/h6-9,11,14H,2-5,10,12H2,1H3,(H,21,23). The molecule has 2 aromatic rings. The van der Waals surface area contributed by atoms with Crippen molar-refractivity contribution in [2.24, 2.45) is 0 Å². The normalized spacial score (nSPS) is 18.2. The van der Waals surface area contributed by atoms with Gasteiger partial charge in [-0.1, -0.05) is 18.5 Å². The summed E-state index contributed by atoms with van der Waals surface area (Å²) in [6, 6.07) is 8.09. The number of aromatic nitrogens is 1. The highest BCUT2D eigenvalue weighted by atomic mass is 35.5. The number of pyridine rings is 1. The van der Waals surface area contributed by atoms with Gasteiger partial charge in [-0.3, -0.25) is 9.78 Å². The van der Waals surface area contributed by atoms with E-state index < -0.39 is 0 Å². The maximum Gasteiger partial charge on any atom is 0.220 e. The zero-order chi connectivity index (χ0) is 16.2. The lowest BCUT2D eigenvalue weighted by atomic mass is 10.0. The number of hydrogen-bond acceptors (Lipinski definition) is 3. The van der Waals surface area contributed by atoms with Gasteiger partial charge in [-0.2, -0.15) is 0 Å². The van der Waals surface area contributed by atoms with E-state index in [2.05, 4.69) is 15.2 Å². The Bertz CT molecular complexity index is 704. The number of anilines is 1. The third-order valence-electron chi connectivity index (χ3n) is 4.29. The molecule has 1 unspecified atom stereocenters. The van der Waals surface area contributed by atoms with Crippen LogP contribution in [0, 0.1) is 0 Å². The largest absolute Gasteiger partial charge is 0.369 e. The summed E-state index contributed by atoms with van der Waals surface area (Å²) in [7, 11) is 0. The average Bonchev–Trinajstić information content (AvgIpc) is 2.54. The molecule has 0 bridgehead atoms. The third kappa shape index (κ3) is 3.75. The smallest absolute Gasteiger partial charge is 0.220 e. The van der Waals surface area contributed by atoms with Crippen molar-refractivity contribution in [1.82, 2.24) is 10.3 Å². The summed E-state index contributed by atoms with van der Waals surface area (Å²) in [6.07, 6.45) is 5.44. The Labute approximate surface area is 141 Å². The SMILES string of the molecule is CCCC(=O)NC1CCCN(c2ccnc3cc(Cl)ccc23)C1. The topological polar surface area (TPSA) is 45.2 Å². The van der Waals surface area contributed by atoms with E-state index in [0.29, 0.717) is 11.4 Å². The monoisotopic (exact) mass is 331 g/mol. The van der Waals surface area contributed by atoms with E-state index >= 15 is 0 Å². The molecule has 0 aliphatic carbocycles. The maximum atomic E-state index is 11.9. The van der Waals surface area contributed by atoms with Crippen LogP contribution in [-0.4, -0.2) is 30.0 Å². The quantitative estimate of drug-likeness (QED) is 0.927. The Morgan fingerprint density at radius 1 is 1.43 bits per heavy atom. The maximum absolute atomic E-state index is 11.9. The summed E-state index contributed by atoms with van der Waals surface area (Å²) < 4.78 is 0. The van der Waals surface area contributed by atoms with Crippen LogP contribution in [0.4, 0.5) is 5.69 Å². The minimum atomic E-state index is 0.158. The molecular weight excluding hydrogens is 310 g/mol. The first-order valence-corrected chi connectivity index (χ1v) is 8.63. The van der Waals surface area contributed by atoms with Crippen LogP contribution in [0.3, 0.4) is 0 Å². The first-order valence-electron chi connectivity index (χ1n) is 8.26. The van der Waals surface area contributed by atoms with Crippen LogP contribution in [0.15, 0.2) is 30.5 Å². The number of benzene rings is 1. The number of halogens is 1. The molecule has 1 N–H and O–H groups in total. The van der Waals surface area contributed by atoms with Gasteiger partial charge in [0.05, 0.1) is 5.52 Å². The Balaban J connectivity index is 1.80. The van der Waals surface area contributed by atoms with Crippen molar-refractivity contribution in [2.45, 2.75) is 38.6 Å². The molecule has 1 aromatic heterocycles. The summed E-state index contributed by atoms with van der Waals surface area (Å²) in [4.78, 5) is 18.6. The Kier molecular flexibility index (Phi) is 5.01. The Morgan fingerprint density at radius 2 is 2.30 bits per heavy atom. The predicted molar refractivity (Wildman–Crippen MR) is 95.0 cm³/mol. The molecule has 1 aromatic carbocycles. The molecule has 5 heteroatoms. The van der Waals surface area contributed by atoms with Gasteiger partial charge in [-0.25, -0.2) is 0 Å². The fourth-order valence-corrected chi connectivity index (χ4v) is 3.39. The van der Waals surface area contributed by atoms with Crippen LogP contribution in [0.2, 0.25) is 5.02 Å². The molecule has 0 radical (unpaired) electrons. The summed E-state index contributed by atoms with van der Waals surface area (Å²) in [5, 5.41) is 4.97. The van der Waals surface area contributed by atoms with Gasteiger partial charge in [0.25, 0.3) is 0 Å². The van der Waals surface area contributed by atoms with Gasteiger partial charge in [0.15, 0.2) is 0 Å². The van der Waals surface area contributed by atoms with Crippen molar-refractivity contribution >= 4 is 34.1 Å². The molecule has 3 rings (SSSR count). The molecule has 0 saturated carbocycles. The zero-order valence-electron chi connectivity index (χ0n) is 13.4. The molecule has 1 amide bonds. The van der Waals surface area contributed by atoms with Crippen molar-refractivity contribution < 1.29 is 4.79 Å².